The Kier molecular flexibility index (Phi) is 5.45. The Hall–Kier alpha value is -5.72. The minimum Gasteiger partial charge on any atom is -0.497 e. The molecule has 7 rings (SSSR count). The molecule has 0 spiro atoms. The third kappa shape index (κ3) is 4.11. The quantitative estimate of drug-likeness (QED) is 0.223. The number of furan rings is 1. The lowest BCUT2D eigenvalue weighted by atomic mass is 9.95. The first-order valence-corrected chi connectivity index (χ1v) is 12.6. The van der Waals surface area contributed by atoms with Crippen LogP contribution < -0.4 is 20.7 Å². The van der Waals surface area contributed by atoms with Gasteiger partial charge in [0.05, 0.1) is 19.9 Å². The topological polar surface area (TPSA) is 167 Å². The van der Waals surface area contributed by atoms with Crippen LogP contribution >= 0.6 is 0 Å². The first kappa shape index (κ1) is 24.3. The second kappa shape index (κ2) is 9.19. The second-order valence-corrected chi connectivity index (χ2v) is 9.73. The van der Waals surface area contributed by atoms with Gasteiger partial charge >= 0.3 is 6.03 Å². The first-order valence-electron chi connectivity index (χ1n) is 12.6. The van der Waals surface area contributed by atoms with Crippen LogP contribution in [0.1, 0.15) is 21.7 Å². The Bertz CT molecular complexity index is 1830. The van der Waals surface area contributed by atoms with Crippen molar-refractivity contribution in [1.29, 1.82) is 0 Å². The number of aromatic nitrogens is 4. The molecule has 13 nitrogen and oxygen atoms in total. The van der Waals surface area contributed by atoms with Crippen molar-refractivity contribution in [3.8, 4) is 16.9 Å². The number of aromatic amines is 1. The van der Waals surface area contributed by atoms with Gasteiger partial charge in [0.15, 0.2) is 11.1 Å². The highest BCUT2D eigenvalue weighted by Crippen LogP contribution is 2.35. The maximum absolute atomic E-state index is 13.3. The van der Waals surface area contributed by atoms with Gasteiger partial charge in [0.25, 0.3) is 11.8 Å². The molecule has 0 bridgehead atoms. The summed E-state index contributed by atoms with van der Waals surface area (Å²) in [5.74, 6) is 0.890. The normalized spacial score (nSPS) is 18.0. The molecule has 1 aromatic carbocycles. The molecular formula is C28H22N8O5. The third-order valence-electron chi connectivity index (χ3n) is 7.21. The number of amides is 4. The van der Waals surface area contributed by atoms with E-state index >= 15 is 0 Å². The lowest BCUT2D eigenvalue weighted by Crippen LogP contribution is -2.52. The second-order valence-electron chi connectivity index (χ2n) is 9.73. The number of carbonyl (C=O) groups is 3. The van der Waals surface area contributed by atoms with E-state index in [-0.39, 0.29) is 24.8 Å². The minimum absolute atomic E-state index is 0.141. The SMILES string of the molecule is COc1ccc2c(c1)C(=O)N(C[C@@]1(c3cc4nc(Nc5ccc(-c6cn[nH]c6)cn5)ccc4o3)NC(=O)NC1=O)C2. The van der Waals surface area contributed by atoms with E-state index in [2.05, 4.69) is 36.1 Å². The number of hydrogen-bond donors (Lipinski definition) is 4. The monoisotopic (exact) mass is 550 g/mol. The molecule has 0 saturated carbocycles. The lowest BCUT2D eigenvalue weighted by molar-refractivity contribution is -0.125. The first-order chi connectivity index (χ1) is 19.9. The average Bonchev–Trinajstić information content (AvgIpc) is 3.76. The zero-order chi connectivity index (χ0) is 28.1. The molecule has 2 aliphatic heterocycles. The molecule has 1 saturated heterocycles. The van der Waals surface area contributed by atoms with E-state index in [0.29, 0.717) is 34.0 Å². The molecule has 204 valence electrons. The van der Waals surface area contributed by atoms with E-state index in [4.69, 9.17) is 9.15 Å². The third-order valence-corrected chi connectivity index (χ3v) is 7.21. The number of nitrogens with zero attached hydrogens (tertiary/aromatic N) is 4. The Morgan fingerprint density at radius 2 is 1.93 bits per heavy atom. The van der Waals surface area contributed by atoms with Gasteiger partial charge in [0, 0.05) is 41.7 Å². The Morgan fingerprint density at radius 3 is 2.66 bits per heavy atom. The summed E-state index contributed by atoms with van der Waals surface area (Å²) in [5, 5.41) is 14.9. The summed E-state index contributed by atoms with van der Waals surface area (Å²) in [7, 11) is 1.53. The summed E-state index contributed by atoms with van der Waals surface area (Å²) in [6.07, 6.45) is 5.22. The number of urea groups is 1. The number of H-pyrrole nitrogens is 1. The predicted molar refractivity (Wildman–Crippen MR) is 145 cm³/mol. The standard InChI is InChI=1S/C28H22N8O5/c1-40-18-4-2-16-13-36(25(37)19(16)8-18)14-28(26(38)34-27(39)35-28)22-9-20-21(41-22)5-7-24(32-20)33-23-6-3-15(10-29-23)17-11-30-31-12-17/h2-12H,13-14H2,1H3,(H,30,31)(H,29,32,33)(H2,34,35,38,39)/t28-/m0/s1. The number of nitrogens with one attached hydrogen (secondary N) is 4. The van der Waals surface area contributed by atoms with Gasteiger partial charge in [-0.25, -0.2) is 14.8 Å². The highest BCUT2D eigenvalue weighted by atomic mass is 16.5. The molecule has 41 heavy (non-hydrogen) atoms. The Balaban J connectivity index is 1.17. The van der Waals surface area contributed by atoms with Gasteiger partial charge in [-0.2, -0.15) is 5.10 Å². The van der Waals surface area contributed by atoms with Crippen LogP contribution in [0.2, 0.25) is 0 Å². The predicted octanol–water partition coefficient (Wildman–Crippen LogP) is 3.06. The van der Waals surface area contributed by atoms with Gasteiger partial charge in [-0.05, 0) is 42.0 Å². The van der Waals surface area contributed by atoms with Crippen molar-refractivity contribution in [1.82, 2.24) is 35.7 Å². The average molecular weight is 551 g/mol. The summed E-state index contributed by atoms with van der Waals surface area (Å²) in [6, 6.07) is 13.3. The van der Waals surface area contributed by atoms with Gasteiger partial charge in [0.2, 0.25) is 0 Å². The van der Waals surface area contributed by atoms with Gasteiger partial charge < -0.3 is 24.7 Å². The van der Waals surface area contributed by atoms with Gasteiger partial charge in [-0.3, -0.25) is 20.0 Å². The number of carbonyl (C=O) groups excluding carboxylic acids is 3. The maximum Gasteiger partial charge on any atom is 0.322 e. The number of fused-ring (bicyclic) bond motifs is 2. The number of ether oxygens (including phenoxy) is 1. The number of anilines is 2. The van der Waals surface area contributed by atoms with E-state index in [1.807, 2.05) is 18.2 Å². The van der Waals surface area contributed by atoms with Crippen LogP contribution in [0.15, 0.2) is 71.5 Å². The number of imide groups is 1. The van der Waals surface area contributed by atoms with Crippen LogP contribution in [0, 0.1) is 0 Å². The number of benzene rings is 1. The number of hydrogen-bond acceptors (Lipinski definition) is 9. The summed E-state index contributed by atoms with van der Waals surface area (Å²) >= 11 is 0. The van der Waals surface area contributed by atoms with Crippen LogP contribution in [-0.4, -0.2) is 56.6 Å². The van der Waals surface area contributed by atoms with Crippen molar-refractivity contribution in [2.45, 2.75) is 12.1 Å². The van der Waals surface area contributed by atoms with Crippen LogP contribution in [0.3, 0.4) is 0 Å². The van der Waals surface area contributed by atoms with Gasteiger partial charge in [-0.1, -0.05) is 6.07 Å². The van der Waals surface area contributed by atoms with Gasteiger partial charge in [0.1, 0.15) is 28.7 Å². The van der Waals surface area contributed by atoms with Crippen molar-refractivity contribution in [3.05, 3.63) is 84.0 Å². The maximum atomic E-state index is 13.3. The summed E-state index contributed by atoms with van der Waals surface area (Å²) < 4.78 is 11.3. The smallest absolute Gasteiger partial charge is 0.322 e. The van der Waals surface area contributed by atoms with Crippen molar-refractivity contribution >= 4 is 40.6 Å². The fourth-order valence-corrected chi connectivity index (χ4v) is 5.12. The molecule has 2 aliphatic rings. The molecule has 5 aromatic rings. The number of methoxy groups -OCH3 is 1. The molecule has 0 aliphatic carbocycles. The van der Waals surface area contributed by atoms with Crippen molar-refractivity contribution in [2.24, 2.45) is 0 Å². The van der Waals surface area contributed by atoms with Crippen LogP contribution in [0.4, 0.5) is 16.4 Å². The number of pyridine rings is 2. The zero-order valence-electron chi connectivity index (χ0n) is 21.6. The fourth-order valence-electron chi connectivity index (χ4n) is 5.12. The molecule has 0 unspecified atom stereocenters. The molecule has 6 heterocycles. The summed E-state index contributed by atoms with van der Waals surface area (Å²) in [6.45, 7) is 0.125. The fraction of sp³-hybridized carbons (Fsp3) is 0.143. The molecule has 1 fully saturated rings. The van der Waals surface area contributed by atoms with E-state index in [1.54, 1.807) is 48.9 Å². The van der Waals surface area contributed by atoms with E-state index < -0.39 is 17.5 Å². The van der Waals surface area contributed by atoms with Crippen molar-refractivity contribution < 1.29 is 23.5 Å². The lowest BCUT2D eigenvalue weighted by Gasteiger charge is -2.28. The van der Waals surface area contributed by atoms with Gasteiger partial charge in [-0.15, -0.1) is 0 Å². The van der Waals surface area contributed by atoms with E-state index in [0.717, 1.165) is 16.7 Å². The molecule has 0 radical (unpaired) electrons. The van der Waals surface area contributed by atoms with Crippen molar-refractivity contribution in [3.63, 3.8) is 0 Å². The van der Waals surface area contributed by atoms with Crippen LogP contribution in [0.25, 0.3) is 22.2 Å². The minimum atomic E-state index is -1.64. The van der Waals surface area contributed by atoms with Crippen LogP contribution in [-0.2, 0) is 16.9 Å². The summed E-state index contributed by atoms with van der Waals surface area (Å²) in [4.78, 5) is 49.3. The molecule has 1 atom stereocenters. The molecule has 4 aromatic heterocycles. The highest BCUT2D eigenvalue weighted by Gasteiger charge is 2.53. The molecule has 4 amide bonds. The molecular weight excluding hydrogens is 528 g/mol. The molecule has 4 N–H and O–H groups in total. The molecule has 13 heteroatoms. The van der Waals surface area contributed by atoms with E-state index in [1.165, 1.54) is 12.0 Å². The largest absolute Gasteiger partial charge is 0.497 e. The highest BCUT2D eigenvalue weighted by molar-refractivity contribution is 6.08. The Labute approximate surface area is 231 Å². The zero-order valence-corrected chi connectivity index (χ0v) is 21.6. The van der Waals surface area contributed by atoms with Crippen molar-refractivity contribution in [2.75, 3.05) is 19.0 Å². The Morgan fingerprint density at radius 1 is 1.05 bits per heavy atom. The van der Waals surface area contributed by atoms with Crippen LogP contribution in [0.5, 0.6) is 5.75 Å². The summed E-state index contributed by atoms with van der Waals surface area (Å²) in [5.41, 5.74) is 2.33. The number of rotatable bonds is 7. The van der Waals surface area contributed by atoms with E-state index in [9.17, 15) is 14.4 Å².